The lowest BCUT2D eigenvalue weighted by Gasteiger charge is -2.11. The van der Waals surface area contributed by atoms with Gasteiger partial charge in [-0.3, -0.25) is 0 Å². The molecule has 0 bridgehead atoms. The van der Waals surface area contributed by atoms with Crippen LogP contribution in [0.15, 0.2) is 28.8 Å². The second kappa shape index (κ2) is 5.50. The first kappa shape index (κ1) is 12.5. The molecule has 15 heavy (non-hydrogen) atoms. The Balaban J connectivity index is 2.90. The van der Waals surface area contributed by atoms with Crippen LogP contribution >= 0.6 is 15.9 Å². The van der Waals surface area contributed by atoms with Crippen LogP contribution in [0.4, 0.5) is 0 Å². The number of halogens is 1. The molecule has 1 rings (SSSR count). The molecular weight excluding hydrogens is 248 g/mol. The summed E-state index contributed by atoms with van der Waals surface area (Å²) in [6, 6.07) is 4.51. The first-order chi connectivity index (χ1) is 7.04. The second-order valence-electron chi connectivity index (χ2n) is 4.24. The average Bonchev–Trinajstić information content (AvgIpc) is 2.14. The fraction of sp³-hybridized carbons (Fsp3) is 0.429. The molecule has 0 aromatic heterocycles. The molecule has 0 aliphatic carbocycles. The zero-order chi connectivity index (χ0) is 11.4. The SMILES string of the molecule is C/C=C\C(C)Cc1cc(C)c(C)cc1Br. The lowest BCUT2D eigenvalue weighted by Crippen LogP contribution is -1.98. The highest BCUT2D eigenvalue weighted by molar-refractivity contribution is 9.10. The summed E-state index contributed by atoms with van der Waals surface area (Å²) in [4.78, 5) is 0. The summed E-state index contributed by atoms with van der Waals surface area (Å²) in [7, 11) is 0. The van der Waals surface area contributed by atoms with Gasteiger partial charge in [0.1, 0.15) is 0 Å². The van der Waals surface area contributed by atoms with Gasteiger partial charge in [0.05, 0.1) is 0 Å². The van der Waals surface area contributed by atoms with Crippen molar-refractivity contribution in [1.29, 1.82) is 0 Å². The fourth-order valence-corrected chi connectivity index (χ4v) is 2.36. The molecule has 0 nitrogen and oxygen atoms in total. The van der Waals surface area contributed by atoms with Crippen LogP contribution in [0.5, 0.6) is 0 Å². The number of hydrogen-bond donors (Lipinski definition) is 0. The van der Waals surface area contributed by atoms with E-state index in [4.69, 9.17) is 0 Å². The monoisotopic (exact) mass is 266 g/mol. The van der Waals surface area contributed by atoms with E-state index in [1.807, 2.05) is 0 Å². The van der Waals surface area contributed by atoms with Crippen molar-refractivity contribution in [3.8, 4) is 0 Å². The van der Waals surface area contributed by atoms with Gasteiger partial charge in [-0.25, -0.2) is 0 Å². The van der Waals surface area contributed by atoms with Gasteiger partial charge in [0.25, 0.3) is 0 Å². The van der Waals surface area contributed by atoms with Crippen LogP contribution in [0.1, 0.15) is 30.5 Å². The van der Waals surface area contributed by atoms with Crippen LogP contribution in [0.2, 0.25) is 0 Å². The van der Waals surface area contributed by atoms with E-state index in [2.05, 4.69) is 67.9 Å². The summed E-state index contributed by atoms with van der Waals surface area (Å²) in [5.41, 5.74) is 4.13. The number of rotatable bonds is 3. The molecular formula is C14H19Br. The molecule has 0 N–H and O–H groups in total. The van der Waals surface area contributed by atoms with Gasteiger partial charge in [-0.05, 0) is 55.9 Å². The first-order valence-corrected chi connectivity index (χ1v) is 6.22. The van der Waals surface area contributed by atoms with Crippen LogP contribution in [-0.2, 0) is 6.42 Å². The third-order valence-electron chi connectivity index (χ3n) is 2.73. The van der Waals surface area contributed by atoms with Gasteiger partial charge in [0.2, 0.25) is 0 Å². The number of aryl methyl sites for hydroxylation is 2. The number of allylic oxidation sites excluding steroid dienone is 2. The Labute approximate surface area is 102 Å². The van der Waals surface area contributed by atoms with Crippen molar-refractivity contribution in [2.24, 2.45) is 5.92 Å². The molecule has 0 amide bonds. The molecule has 1 aromatic rings. The average molecular weight is 267 g/mol. The highest BCUT2D eigenvalue weighted by Crippen LogP contribution is 2.24. The highest BCUT2D eigenvalue weighted by atomic mass is 79.9. The molecule has 0 aliphatic rings. The van der Waals surface area contributed by atoms with E-state index in [1.54, 1.807) is 0 Å². The lowest BCUT2D eigenvalue weighted by atomic mass is 9.97. The van der Waals surface area contributed by atoms with Crippen LogP contribution in [0, 0.1) is 19.8 Å². The van der Waals surface area contributed by atoms with Crippen molar-refractivity contribution in [3.63, 3.8) is 0 Å². The molecule has 1 heteroatoms. The van der Waals surface area contributed by atoms with E-state index >= 15 is 0 Å². The van der Waals surface area contributed by atoms with E-state index in [9.17, 15) is 0 Å². The smallest absolute Gasteiger partial charge is 0.0210 e. The fourth-order valence-electron chi connectivity index (χ4n) is 1.74. The maximum absolute atomic E-state index is 3.64. The Morgan fingerprint density at radius 2 is 1.87 bits per heavy atom. The normalized spacial score (nSPS) is 13.4. The largest absolute Gasteiger partial charge is 0.0914 e. The molecule has 0 heterocycles. The zero-order valence-corrected chi connectivity index (χ0v) is 11.6. The second-order valence-corrected chi connectivity index (χ2v) is 5.09. The zero-order valence-electron chi connectivity index (χ0n) is 9.97. The first-order valence-electron chi connectivity index (χ1n) is 5.43. The summed E-state index contributed by atoms with van der Waals surface area (Å²) in [5, 5.41) is 0. The summed E-state index contributed by atoms with van der Waals surface area (Å²) in [6.45, 7) is 8.65. The Morgan fingerprint density at radius 1 is 1.27 bits per heavy atom. The van der Waals surface area contributed by atoms with Crippen molar-refractivity contribution in [1.82, 2.24) is 0 Å². The summed E-state index contributed by atoms with van der Waals surface area (Å²) >= 11 is 3.64. The summed E-state index contributed by atoms with van der Waals surface area (Å²) < 4.78 is 1.24. The molecule has 0 saturated heterocycles. The molecule has 1 unspecified atom stereocenters. The lowest BCUT2D eigenvalue weighted by molar-refractivity contribution is 0.719. The topological polar surface area (TPSA) is 0 Å². The molecule has 0 saturated carbocycles. The Bertz CT molecular complexity index is 364. The highest BCUT2D eigenvalue weighted by Gasteiger charge is 2.06. The maximum atomic E-state index is 3.64. The van der Waals surface area contributed by atoms with Gasteiger partial charge in [-0.15, -0.1) is 0 Å². The minimum atomic E-state index is 0.605. The van der Waals surface area contributed by atoms with Gasteiger partial charge < -0.3 is 0 Å². The standard InChI is InChI=1S/C14H19Br/c1-5-6-10(2)7-13-8-11(3)12(4)9-14(13)15/h5-6,8-10H,7H2,1-4H3/b6-5-. The van der Waals surface area contributed by atoms with Gasteiger partial charge in [0, 0.05) is 4.47 Å². The molecule has 0 radical (unpaired) electrons. The van der Waals surface area contributed by atoms with E-state index < -0.39 is 0 Å². The summed E-state index contributed by atoms with van der Waals surface area (Å²) in [5.74, 6) is 0.605. The van der Waals surface area contributed by atoms with Crippen LogP contribution < -0.4 is 0 Å². The quantitative estimate of drug-likeness (QED) is 0.689. The van der Waals surface area contributed by atoms with Gasteiger partial charge in [0.15, 0.2) is 0 Å². The molecule has 1 atom stereocenters. The molecule has 0 aliphatic heterocycles. The Kier molecular flexibility index (Phi) is 4.59. The van der Waals surface area contributed by atoms with Crippen molar-refractivity contribution >= 4 is 15.9 Å². The molecule has 1 aromatic carbocycles. The Hall–Kier alpha value is -0.560. The van der Waals surface area contributed by atoms with Crippen molar-refractivity contribution in [2.75, 3.05) is 0 Å². The van der Waals surface area contributed by atoms with E-state index in [0.29, 0.717) is 5.92 Å². The predicted molar refractivity (Wildman–Crippen MR) is 71.3 cm³/mol. The van der Waals surface area contributed by atoms with E-state index in [-0.39, 0.29) is 0 Å². The maximum Gasteiger partial charge on any atom is 0.0210 e. The summed E-state index contributed by atoms with van der Waals surface area (Å²) in [6.07, 6.45) is 5.48. The van der Waals surface area contributed by atoms with Gasteiger partial charge in [-0.2, -0.15) is 0 Å². The number of hydrogen-bond acceptors (Lipinski definition) is 0. The van der Waals surface area contributed by atoms with Gasteiger partial charge in [-0.1, -0.05) is 41.1 Å². The molecule has 82 valence electrons. The third-order valence-corrected chi connectivity index (χ3v) is 3.46. The molecule has 0 spiro atoms. The van der Waals surface area contributed by atoms with Gasteiger partial charge >= 0.3 is 0 Å². The van der Waals surface area contributed by atoms with E-state index in [0.717, 1.165) is 6.42 Å². The predicted octanol–water partition coefficient (Wildman–Crippen LogP) is 4.82. The van der Waals surface area contributed by atoms with E-state index in [1.165, 1.54) is 21.2 Å². The van der Waals surface area contributed by atoms with Crippen molar-refractivity contribution in [2.45, 2.75) is 34.1 Å². The van der Waals surface area contributed by atoms with Crippen LogP contribution in [-0.4, -0.2) is 0 Å². The minimum Gasteiger partial charge on any atom is -0.0914 e. The van der Waals surface area contributed by atoms with Crippen molar-refractivity contribution < 1.29 is 0 Å². The van der Waals surface area contributed by atoms with Crippen molar-refractivity contribution in [3.05, 3.63) is 45.4 Å². The number of benzene rings is 1. The minimum absolute atomic E-state index is 0.605. The molecule has 0 fully saturated rings. The third kappa shape index (κ3) is 3.49. The Morgan fingerprint density at radius 3 is 2.47 bits per heavy atom. The van der Waals surface area contributed by atoms with Crippen LogP contribution in [0.3, 0.4) is 0 Å². The van der Waals surface area contributed by atoms with Crippen LogP contribution in [0.25, 0.3) is 0 Å².